The Morgan fingerprint density at radius 3 is 2.50 bits per heavy atom. The zero-order valence-electron chi connectivity index (χ0n) is 21.4. The molecule has 0 bridgehead atoms. The fourth-order valence-corrected chi connectivity index (χ4v) is 8.73. The van der Waals surface area contributed by atoms with Crippen LogP contribution in [0.15, 0.2) is 11.6 Å². The average molecular weight is 443 g/mol. The van der Waals surface area contributed by atoms with Crippen LogP contribution in [0.1, 0.15) is 106 Å². The van der Waals surface area contributed by atoms with E-state index in [-0.39, 0.29) is 23.4 Å². The van der Waals surface area contributed by atoms with Gasteiger partial charge in [-0.05, 0) is 85.0 Å². The van der Waals surface area contributed by atoms with Gasteiger partial charge in [-0.1, -0.05) is 59.5 Å². The van der Waals surface area contributed by atoms with Gasteiger partial charge in [-0.2, -0.15) is 0 Å². The van der Waals surface area contributed by atoms with Crippen LogP contribution in [0.3, 0.4) is 0 Å². The summed E-state index contributed by atoms with van der Waals surface area (Å²) < 4.78 is 5.54. The Morgan fingerprint density at radius 1 is 1.06 bits per heavy atom. The molecular formula is C29H46O3. The Hall–Kier alpha value is -1.12. The lowest BCUT2D eigenvalue weighted by Crippen LogP contribution is -2.53. The van der Waals surface area contributed by atoms with Crippen LogP contribution in [0.4, 0.5) is 0 Å². The van der Waals surface area contributed by atoms with Crippen molar-refractivity contribution in [3.63, 3.8) is 0 Å². The van der Waals surface area contributed by atoms with Gasteiger partial charge in [0.05, 0.1) is 0 Å². The Bertz CT molecular complexity index is 766. The van der Waals surface area contributed by atoms with Gasteiger partial charge in [0.1, 0.15) is 6.10 Å². The molecule has 0 spiro atoms. The first kappa shape index (κ1) is 24.0. The highest BCUT2D eigenvalue weighted by atomic mass is 16.5. The molecule has 0 aromatic heterocycles. The van der Waals surface area contributed by atoms with Crippen LogP contribution in [0.25, 0.3) is 0 Å². The van der Waals surface area contributed by atoms with E-state index in [4.69, 9.17) is 4.74 Å². The van der Waals surface area contributed by atoms with Crippen LogP contribution in [0, 0.1) is 46.3 Å². The number of esters is 1. The Balaban J connectivity index is 1.52. The van der Waals surface area contributed by atoms with Crippen LogP contribution in [-0.4, -0.2) is 17.9 Å². The molecule has 4 rings (SSSR count). The first-order valence-electron chi connectivity index (χ1n) is 13.5. The summed E-state index contributed by atoms with van der Waals surface area (Å²) in [5.74, 6) is 3.74. The van der Waals surface area contributed by atoms with E-state index in [1.807, 2.05) is 6.08 Å². The summed E-state index contributed by atoms with van der Waals surface area (Å²) in [6, 6.07) is 0. The van der Waals surface area contributed by atoms with Crippen molar-refractivity contribution in [3.05, 3.63) is 11.6 Å². The van der Waals surface area contributed by atoms with E-state index in [1.54, 1.807) is 0 Å². The standard InChI is InChI=1S/C29H46O3/c1-18(2)8-7-9-19(3)23-10-11-24-27-25(13-15-29(23,24)6)28(5)14-12-22(32-20(4)30)16-21(28)17-26(27)31/h17-19,22-25,27H,7-16H2,1-6H3. The molecule has 3 heteroatoms. The molecule has 0 aliphatic heterocycles. The lowest BCUT2D eigenvalue weighted by molar-refractivity contribution is -0.149. The van der Waals surface area contributed by atoms with E-state index >= 15 is 0 Å². The average Bonchev–Trinajstić information content (AvgIpc) is 3.05. The van der Waals surface area contributed by atoms with Crippen LogP contribution in [0.5, 0.6) is 0 Å². The van der Waals surface area contributed by atoms with Gasteiger partial charge in [0.2, 0.25) is 0 Å². The molecule has 3 fully saturated rings. The first-order chi connectivity index (χ1) is 15.1. The third-order valence-electron chi connectivity index (χ3n) is 10.4. The number of hydrogen-bond acceptors (Lipinski definition) is 3. The van der Waals surface area contributed by atoms with E-state index in [2.05, 4.69) is 34.6 Å². The lowest BCUT2D eigenvalue weighted by Gasteiger charge is -2.57. The van der Waals surface area contributed by atoms with E-state index in [9.17, 15) is 9.59 Å². The number of hydrogen-bond donors (Lipinski definition) is 0. The van der Waals surface area contributed by atoms with Gasteiger partial charge in [0.15, 0.2) is 5.78 Å². The van der Waals surface area contributed by atoms with Crippen molar-refractivity contribution in [1.29, 1.82) is 0 Å². The number of ketones is 1. The van der Waals surface area contributed by atoms with Gasteiger partial charge in [-0.3, -0.25) is 9.59 Å². The summed E-state index contributed by atoms with van der Waals surface area (Å²) in [7, 11) is 0. The summed E-state index contributed by atoms with van der Waals surface area (Å²) in [4.78, 5) is 25.1. The molecule has 4 aliphatic carbocycles. The van der Waals surface area contributed by atoms with Crippen molar-refractivity contribution in [3.8, 4) is 0 Å². The number of fused-ring (bicyclic) bond motifs is 5. The van der Waals surface area contributed by atoms with Crippen molar-refractivity contribution in [2.75, 3.05) is 0 Å². The highest BCUT2D eigenvalue weighted by Gasteiger charge is 2.61. The van der Waals surface area contributed by atoms with Crippen LogP contribution in [-0.2, 0) is 14.3 Å². The third-order valence-corrected chi connectivity index (χ3v) is 10.4. The maximum atomic E-state index is 13.6. The maximum absolute atomic E-state index is 13.6. The normalized spacial score (nSPS) is 42.0. The Morgan fingerprint density at radius 2 is 1.81 bits per heavy atom. The molecule has 0 aromatic rings. The molecule has 8 atom stereocenters. The van der Waals surface area contributed by atoms with E-state index in [0.29, 0.717) is 23.0 Å². The summed E-state index contributed by atoms with van der Waals surface area (Å²) in [5, 5.41) is 0. The summed E-state index contributed by atoms with van der Waals surface area (Å²) in [6.07, 6.45) is 13.7. The number of carbonyl (C=O) groups is 2. The largest absolute Gasteiger partial charge is 0.462 e. The van der Waals surface area contributed by atoms with Gasteiger partial charge < -0.3 is 4.74 Å². The van der Waals surface area contributed by atoms with Crippen LogP contribution < -0.4 is 0 Å². The zero-order chi connectivity index (χ0) is 23.3. The van der Waals surface area contributed by atoms with Gasteiger partial charge in [-0.25, -0.2) is 0 Å². The fourth-order valence-electron chi connectivity index (χ4n) is 8.73. The fraction of sp³-hybridized carbons (Fsp3) is 0.862. The predicted octanol–water partition coefficient (Wildman–Crippen LogP) is 7.14. The monoisotopic (exact) mass is 442 g/mol. The minimum atomic E-state index is -0.202. The van der Waals surface area contributed by atoms with Crippen molar-refractivity contribution in [1.82, 2.24) is 0 Å². The van der Waals surface area contributed by atoms with E-state index in [0.717, 1.165) is 37.0 Å². The molecule has 0 aromatic carbocycles. The second-order valence-corrected chi connectivity index (χ2v) is 12.7. The third kappa shape index (κ3) is 4.11. The van der Waals surface area contributed by atoms with Crippen LogP contribution >= 0.6 is 0 Å². The molecule has 0 radical (unpaired) electrons. The van der Waals surface area contributed by atoms with Gasteiger partial charge >= 0.3 is 5.97 Å². The van der Waals surface area contributed by atoms with Gasteiger partial charge in [-0.15, -0.1) is 0 Å². The molecule has 8 unspecified atom stereocenters. The molecule has 4 aliphatic rings. The van der Waals surface area contributed by atoms with Crippen molar-refractivity contribution in [2.45, 2.75) is 112 Å². The summed E-state index contributed by atoms with van der Waals surface area (Å²) in [6.45, 7) is 13.6. The van der Waals surface area contributed by atoms with Gasteiger partial charge in [0.25, 0.3) is 0 Å². The molecule has 0 amide bonds. The van der Waals surface area contributed by atoms with Gasteiger partial charge in [0, 0.05) is 19.3 Å². The lowest BCUT2D eigenvalue weighted by atomic mass is 9.46. The molecule has 32 heavy (non-hydrogen) atoms. The highest BCUT2D eigenvalue weighted by Crippen LogP contribution is 2.66. The molecular weight excluding hydrogens is 396 g/mol. The predicted molar refractivity (Wildman–Crippen MR) is 129 cm³/mol. The van der Waals surface area contributed by atoms with E-state index < -0.39 is 0 Å². The number of rotatable bonds is 6. The Kier molecular flexibility index (Phi) is 6.69. The number of ether oxygens (including phenoxy) is 1. The summed E-state index contributed by atoms with van der Waals surface area (Å²) >= 11 is 0. The zero-order valence-corrected chi connectivity index (χ0v) is 21.4. The van der Waals surface area contributed by atoms with E-state index in [1.165, 1.54) is 57.4 Å². The van der Waals surface area contributed by atoms with Crippen molar-refractivity contribution >= 4 is 11.8 Å². The molecule has 0 saturated heterocycles. The SMILES string of the molecule is CC(=O)OC1CCC2(C)C(=CC(=O)C3C2CCC2(C)C(C(C)CCCC(C)C)CCC32)C1. The second-order valence-electron chi connectivity index (χ2n) is 12.7. The number of carbonyl (C=O) groups excluding carboxylic acids is 2. The molecule has 180 valence electrons. The quantitative estimate of drug-likeness (QED) is 0.411. The van der Waals surface area contributed by atoms with Crippen LogP contribution in [0.2, 0.25) is 0 Å². The maximum Gasteiger partial charge on any atom is 0.302 e. The topological polar surface area (TPSA) is 43.4 Å². The van der Waals surface area contributed by atoms with Crippen molar-refractivity contribution < 1.29 is 14.3 Å². The molecule has 0 N–H and O–H groups in total. The second kappa shape index (κ2) is 8.91. The molecule has 3 saturated carbocycles. The minimum absolute atomic E-state index is 0.0485. The first-order valence-corrected chi connectivity index (χ1v) is 13.5. The minimum Gasteiger partial charge on any atom is -0.462 e. The smallest absolute Gasteiger partial charge is 0.302 e. The Labute approximate surface area is 196 Å². The number of allylic oxidation sites excluding steroid dienone is 1. The summed E-state index contributed by atoms with van der Waals surface area (Å²) in [5.41, 5.74) is 1.70. The highest BCUT2D eigenvalue weighted by molar-refractivity contribution is 5.94. The van der Waals surface area contributed by atoms with Crippen molar-refractivity contribution in [2.24, 2.45) is 46.3 Å². The molecule has 3 nitrogen and oxygen atoms in total. The molecule has 0 heterocycles.